The van der Waals surface area contributed by atoms with E-state index in [4.69, 9.17) is 0 Å². The van der Waals surface area contributed by atoms with Crippen LogP contribution in [0.1, 0.15) is 30.9 Å². The van der Waals surface area contributed by atoms with E-state index in [1.54, 1.807) is 7.05 Å². The fraction of sp³-hybridized carbons (Fsp3) is 0.333. The van der Waals surface area contributed by atoms with Crippen molar-refractivity contribution >= 4 is 41.5 Å². The molecule has 5 nitrogen and oxygen atoms in total. The van der Waals surface area contributed by atoms with Crippen LogP contribution >= 0.6 is 24.0 Å². The Hall–Kier alpha value is -2.09. The van der Waals surface area contributed by atoms with Crippen LogP contribution in [0.15, 0.2) is 59.6 Å². The van der Waals surface area contributed by atoms with Gasteiger partial charge in [0.2, 0.25) is 5.91 Å². The first-order chi connectivity index (χ1) is 12.6. The third-order valence-corrected chi connectivity index (χ3v) is 4.00. The second-order valence-corrected chi connectivity index (χ2v) is 6.24. The summed E-state index contributed by atoms with van der Waals surface area (Å²) in [6.45, 7) is 3.47. The van der Waals surface area contributed by atoms with E-state index in [1.165, 1.54) is 5.56 Å². The molecule has 2 rings (SSSR count). The smallest absolute Gasteiger partial charge is 0.224 e. The molecule has 0 aliphatic carbocycles. The topological polar surface area (TPSA) is 56.7 Å². The van der Waals surface area contributed by atoms with E-state index < -0.39 is 0 Å². The Morgan fingerprint density at radius 3 is 2.30 bits per heavy atom. The summed E-state index contributed by atoms with van der Waals surface area (Å²) >= 11 is 0. The lowest BCUT2D eigenvalue weighted by atomic mass is 10.2. The number of halogens is 1. The van der Waals surface area contributed by atoms with Crippen LogP contribution < -0.4 is 10.6 Å². The van der Waals surface area contributed by atoms with Crippen molar-refractivity contribution in [2.45, 2.75) is 32.9 Å². The van der Waals surface area contributed by atoms with Gasteiger partial charge < -0.3 is 15.5 Å². The van der Waals surface area contributed by atoms with Gasteiger partial charge in [-0.05, 0) is 29.7 Å². The van der Waals surface area contributed by atoms with Gasteiger partial charge in [0.25, 0.3) is 0 Å². The summed E-state index contributed by atoms with van der Waals surface area (Å²) in [7, 11) is 3.81. The number of guanidine groups is 1. The van der Waals surface area contributed by atoms with E-state index >= 15 is 0 Å². The number of anilines is 1. The van der Waals surface area contributed by atoms with Gasteiger partial charge in [0, 0.05) is 39.3 Å². The first kappa shape index (κ1) is 23.0. The lowest BCUT2D eigenvalue weighted by Crippen LogP contribution is -2.38. The maximum absolute atomic E-state index is 11.6. The minimum Gasteiger partial charge on any atom is -0.352 e. The molecule has 27 heavy (non-hydrogen) atoms. The Labute approximate surface area is 179 Å². The summed E-state index contributed by atoms with van der Waals surface area (Å²) in [5.74, 6) is 0.899. The summed E-state index contributed by atoms with van der Waals surface area (Å²) in [6, 6.07) is 18.2. The molecular weight excluding hydrogens is 451 g/mol. The van der Waals surface area contributed by atoms with E-state index in [9.17, 15) is 4.79 Å². The van der Waals surface area contributed by atoms with Gasteiger partial charge in [-0.2, -0.15) is 0 Å². The molecule has 0 heterocycles. The zero-order valence-corrected chi connectivity index (χ0v) is 18.6. The predicted octanol–water partition coefficient (Wildman–Crippen LogP) is 4.25. The highest BCUT2D eigenvalue weighted by Gasteiger charge is 2.07. The molecule has 0 unspecified atom stereocenters. The quantitative estimate of drug-likeness (QED) is 0.354. The SMILES string of the molecule is CCCC(=O)Nc1ccc(CNC(=NC)N(C)Cc2ccccc2)cc1.I. The number of amides is 1. The van der Waals surface area contributed by atoms with E-state index in [-0.39, 0.29) is 29.9 Å². The second kappa shape index (κ2) is 12.3. The van der Waals surface area contributed by atoms with Gasteiger partial charge in [-0.15, -0.1) is 24.0 Å². The fourth-order valence-electron chi connectivity index (χ4n) is 2.65. The molecule has 0 saturated heterocycles. The van der Waals surface area contributed by atoms with Crippen LogP contribution in [0.5, 0.6) is 0 Å². The number of nitrogens with one attached hydrogen (secondary N) is 2. The Morgan fingerprint density at radius 1 is 1.04 bits per heavy atom. The highest BCUT2D eigenvalue weighted by Crippen LogP contribution is 2.10. The molecular formula is C21H29IN4O. The molecule has 2 aromatic rings. The summed E-state index contributed by atoms with van der Waals surface area (Å²) in [5.41, 5.74) is 3.20. The number of hydrogen-bond donors (Lipinski definition) is 2. The molecule has 2 aromatic carbocycles. The first-order valence-electron chi connectivity index (χ1n) is 8.97. The number of carbonyl (C=O) groups excluding carboxylic acids is 1. The van der Waals surface area contributed by atoms with E-state index in [2.05, 4.69) is 32.7 Å². The van der Waals surface area contributed by atoms with Crippen molar-refractivity contribution in [2.75, 3.05) is 19.4 Å². The average Bonchev–Trinajstić information content (AvgIpc) is 2.64. The Kier molecular flexibility index (Phi) is 10.5. The van der Waals surface area contributed by atoms with Crippen LogP contribution in [-0.2, 0) is 17.9 Å². The van der Waals surface area contributed by atoms with Gasteiger partial charge in [0.1, 0.15) is 0 Å². The summed E-state index contributed by atoms with van der Waals surface area (Å²) in [5, 5.41) is 6.28. The largest absolute Gasteiger partial charge is 0.352 e. The third kappa shape index (κ3) is 7.99. The van der Waals surface area contributed by atoms with Crippen molar-refractivity contribution in [3.63, 3.8) is 0 Å². The van der Waals surface area contributed by atoms with Gasteiger partial charge in [-0.3, -0.25) is 9.79 Å². The van der Waals surface area contributed by atoms with Crippen molar-refractivity contribution in [3.05, 3.63) is 65.7 Å². The predicted molar refractivity (Wildman–Crippen MR) is 124 cm³/mol. The van der Waals surface area contributed by atoms with Crippen LogP contribution in [0.4, 0.5) is 5.69 Å². The molecule has 0 spiro atoms. The molecule has 0 bridgehead atoms. The van der Waals surface area contributed by atoms with Crippen molar-refractivity contribution in [1.82, 2.24) is 10.2 Å². The number of benzene rings is 2. The number of rotatable bonds is 7. The van der Waals surface area contributed by atoms with E-state index in [0.717, 1.165) is 30.2 Å². The van der Waals surface area contributed by atoms with Gasteiger partial charge in [0.15, 0.2) is 5.96 Å². The van der Waals surface area contributed by atoms with Gasteiger partial charge in [0.05, 0.1) is 0 Å². The number of hydrogen-bond acceptors (Lipinski definition) is 2. The van der Waals surface area contributed by atoms with Crippen molar-refractivity contribution in [1.29, 1.82) is 0 Å². The highest BCUT2D eigenvalue weighted by molar-refractivity contribution is 14.0. The van der Waals surface area contributed by atoms with Crippen LogP contribution in [0, 0.1) is 0 Å². The standard InChI is InChI=1S/C21H28N4O.HI/c1-4-8-20(26)24-19-13-11-17(12-14-19)15-23-21(22-2)25(3)16-18-9-6-5-7-10-18;/h5-7,9-14H,4,8,15-16H2,1-3H3,(H,22,23)(H,24,26);1H. The zero-order chi connectivity index (χ0) is 18.8. The molecule has 146 valence electrons. The van der Waals surface area contributed by atoms with Gasteiger partial charge in [-0.25, -0.2) is 0 Å². The first-order valence-corrected chi connectivity index (χ1v) is 8.97. The van der Waals surface area contributed by atoms with Crippen molar-refractivity contribution in [2.24, 2.45) is 4.99 Å². The van der Waals surface area contributed by atoms with Crippen molar-refractivity contribution in [3.8, 4) is 0 Å². The Morgan fingerprint density at radius 2 is 1.70 bits per heavy atom. The summed E-state index contributed by atoms with van der Waals surface area (Å²) in [4.78, 5) is 18.1. The van der Waals surface area contributed by atoms with Crippen LogP contribution in [0.25, 0.3) is 0 Å². The summed E-state index contributed by atoms with van der Waals surface area (Å²) in [6.07, 6.45) is 1.40. The lowest BCUT2D eigenvalue weighted by Gasteiger charge is -2.22. The monoisotopic (exact) mass is 480 g/mol. The van der Waals surface area contributed by atoms with Gasteiger partial charge >= 0.3 is 0 Å². The zero-order valence-electron chi connectivity index (χ0n) is 16.2. The molecule has 2 N–H and O–H groups in total. The molecule has 0 aliphatic heterocycles. The average molecular weight is 480 g/mol. The van der Waals surface area contributed by atoms with Crippen LogP contribution in [-0.4, -0.2) is 30.9 Å². The van der Waals surface area contributed by atoms with Crippen molar-refractivity contribution < 1.29 is 4.79 Å². The van der Waals surface area contributed by atoms with E-state index in [1.807, 2.05) is 56.4 Å². The number of nitrogens with zero attached hydrogens (tertiary/aromatic N) is 2. The molecule has 0 saturated carbocycles. The maximum atomic E-state index is 11.6. The second-order valence-electron chi connectivity index (χ2n) is 6.24. The molecule has 0 atom stereocenters. The molecule has 0 radical (unpaired) electrons. The van der Waals surface area contributed by atoms with Gasteiger partial charge in [-0.1, -0.05) is 49.4 Å². The number of carbonyl (C=O) groups is 1. The molecule has 0 fully saturated rings. The van der Waals surface area contributed by atoms with Crippen LogP contribution in [0.2, 0.25) is 0 Å². The number of aliphatic imine (C=N–C) groups is 1. The normalized spacial score (nSPS) is 10.7. The fourth-order valence-corrected chi connectivity index (χ4v) is 2.65. The Bertz CT molecular complexity index is 717. The molecule has 6 heteroatoms. The molecule has 1 amide bonds. The minimum atomic E-state index is 0. The van der Waals surface area contributed by atoms with E-state index in [0.29, 0.717) is 13.0 Å². The van der Waals surface area contributed by atoms with Crippen LogP contribution in [0.3, 0.4) is 0 Å². The summed E-state index contributed by atoms with van der Waals surface area (Å²) < 4.78 is 0. The lowest BCUT2D eigenvalue weighted by molar-refractivity contribution is -0.116. The minimum absolute atomic E-state index is 0. The highest BCUT2D eigenvalue weighted by atomic mass is 127. The maximum Gasteiger partial charge on any atom is 0.224 e. The third-order valence-electron chi connectivity index (χ3n) is 4.00. The Balaban J connectivity index is 0.00000364. The molecule has 0 aliphatic rings. The molecule has 0 aromatic heterocycles.